The van der Waals surface area contributed by atoms with E-state index in [0.717, 1.165) is 101 Å². The fourth-order valence-corrected chi connectivity index (χ4v) is 10.2. The van der Waals surface area contributed by atoms with E-state index in [9.17, 15) is 32.4 Å². The van der Waals surface area contributed by atoms with Crippen LogP contribution in [0.15, 0.2) is 59.1 Å². The van der Waals surface area contributed by atoms with E-state index >= 15 is 4.39 Å². The van der Waals surface area contributed by atoms with Crippen molar-refractivity contribution in [1.29, 1.82) is 0 Å². The highest BCUT2D eigenvalue weighted by Crippen LogP contribution is 2.36. The molecular weight excluding hydrogens is 834 g/mol. The second kappa shape index (κ2) is 17.4. The fraction of sp³-hybridized carbons (Fsp3) is 0.467. The van der Waals surface area contributed by atoms with Crippen LogP contribution in [0.4, 0.5) is 10.1 Å². The zero-order valence-electron chi connectivity index (χ0n) is 35.0. The van der Waals surface area contributed by atoms with E-state index in [1.165, 1.54) is 12.1 Å². The van der Waals surface area contributed by atoms with Gasteiger partial charge in [0, 0.05) is 56.8 Å². The average Bonchev–Trinajstić information content (AvgIpc) is 3.79. The quantitative estimate of drug-likeness (QED) is 0.204. The van der Waals surface area contributed by atoms with E-state index in [1.807, 2.05) is 33.9 Å². The number of carbonyl (C=O) groups is 5. The molecule has 0 aliphatic carbocycles. The number of carbonyl (C=O) groups excluding carboxylic acids is 5. The first-order valence-electron chi connectivity index (χ1n) is 21.7. The van der Waals surface area contributed by atoms with Gasteiger partial charge >= 0.3 is 0 Å². The van der Waals surface area contributed by atoms with Crippen LogP contribution in [0.1, 0.15) is 82.4 Å². The topological polar surface area (TPSA) is 192 Å². The number of benzene rings is 3. The Bertz CT molecular complexity index is 2580. The fourth-order valence-electron chi connectivity index (χ4n) is 9.79. The number of sulfonamides is 1. The molecule has 1 aromatic heterocycles. The smallest absolute Gasteiger partial charge is 0.264 e. The molecule has 332 valence electrons. The van der Waals surface area contributed by atoms with Crippen LogP contribution in [0, 0.1) is 17.7 Å². The van der Waals surface area contributed by atoms with E-state index < -0.39 is 51.4 Å². The molecule has 0 radical (unpaired) electrons. The summed E-state index contributed by atoms with van der Waals surface area (Å²) >= 11 is 0. The summed E-state index contributed by atoms with van der Waals surface area (Å²) in [7, 11) is -3.72. The standard InChI is InChI=1S/C45H50FN7O9S/c1-63(59,60)49-42(55)30-5-6-37-35(22-30)41(62-48-37)29-3-2-4-32(21-29)61-31-13-17-51(18-14-31)25-27-9-15-50(16-10-27)26-28-11-19-52(20-12-28)39-24-34-33(23-36(39)46)44(57)53(45(34)58)38-7-8-40(54)47-43(38)56/h2-6,21-24,27-28,31,38H,7-20,25-26H2,1H3,(H,49,55)(H,47,54,56). The summed E-state index contributed by atoms with van der Waals surface area (Å²) in [5.74, 6) is -1.50. The van der Waals surface area contributed by atoms with Crippen LogP contribution in [0.3, 0.4) is 0 Å². The number of ether oxygens (including phenoxy) is 1. The van der Waals surface area contributed by atoms with Crippen molar-refractivity contribution in [2.75, 3.05) is 63.5 Å². The highest BCUT2D eigenvalue weighted by atomic mass is 32.2. The molecule has 4 saturated heterocycles. The van der Waals surface area contributed by atoms with Crippen molar-refractivity contribution in [3.63, 3.8) is 0 Å². The normalized spacial score (nSPS) is 21.3. The van der Waals surface area contributed by atoms with Gasteiger partial charge in [0.05, 0.1) is 28.5 Å². The zero-order chi connectivity index (χ0) is 44.0. The Morgan fingerprint density at radius 2 is 1.49 bits per heavy atom. The van der Waals surface area contributed by atoms with Crippen LogP contribution in [0.25, 0.3) is 22.2 Å². The monoisotopic (exact) mass is 883 g/mol. The highest BCUT2D eigenvalue weighted by molar-refractivity contribution is 7.89. The molecule has 5 aliphatic heterocycles. The van der Waals surface area contributed by atoms with Crippen LogP contribution >= 0.6 is 0 Å². The van der Waals surface area contributed by atoms with Crippen molar-refractivity contribution in [3.05, 3.63) is 77.1 Å². The maximum absolute atomic E-state index is 15.5. The number of piperidine rings is 4. The minimum Gasteiger partial charge on any atom is -0.490 e. The molecule has 5 aliphatic rings. The molecule has 16 nitrogen and oxygen atoms in total. The lowest BCUT2D eigenvalue weighted by molar-refractivity contribution is -0.136. The van der Waals surface area contributed by atoms with Crippen LogP contribution in [0.2, 0.25) is 0 Å². The molecular formula is C45H50FN7O9S. The van der Waals surface area contributed by atoms with Gasteiger partial charge in [0.25, 0.3) is 17.7 Å². The predicted octanol–water partition coefficient (Wildman–Crippen LogP) is 4.20. The third-order valence-electron chi connectivity index (χ3n) is 13.2. The van der Waals surface area contributed by atoms with Gasteiger partial charge in [0.2, 0.25) is 21.8 Å². The summed E-state index contributed by atoms with van der Waals surface area (Å²) in [4.78, 5) is 71.0. The number of rotatable bonds is 11. The Morgan fingerprint density at radius 3 is 2.16 bits per heavy atom. The molecule has 4 aromatic rings. The van der Waals surface area contributed by atoms with Crippen molar-refractivity contribution in [3.8, 4) is 17.1 Å². The Hall–Kier alpha value is -5.72. The first kappa shape index (κ1) is 42.6. The largest absolute Gasteiger partial charge is 0.490 e. The maximum atomic E-state index is 15.5. The predicted molar refractivity (Wildman–Crippen MR) is 229 cm³/mol. The van der Waals surface area contributed by atoms with Gasteiger partial charge in [-0.15, -0.1) is 0 Å². The van der Waals surface area contributed by atoms with E-state index in [-0.39, 0.29) is 35.6 Å². The van der Waals surface area contributed by atoms with Gasteiger partial charge in [-0.3, -0.25) is 34.2 Å². The molecule has 0 bridgehead atoms. The van der Waals surface area contributed by atoms with Crippen LogP contribution in [-0.2, 0) is 19.6 Å². The number of nitrogens with zero attached hydrogens (tertiary/aromatic N) is 5. The number of imide groups is 2. The van der Waals surface area contributed by atoms with Crippen molar-refractivity contribution in [2.24, 2.45) is 11.8 Å². The molecule has 0 saturated carbocycles. The first-order chi connectivity index (χ1) is 30.3. The molecule has 4 fully saturated rings. The molecule has 63 heavy (non-hydrogen) atoms. The minimum absolute atomic E-state index is 0.0208. The van der Waals surface area contributed by atoms with Crippen molar-refractivity contribution >= 4 is 56.1 Å². The first-order valence-corrected chi connectivity index (χ1v) is 23.6. The summed E-state index contributed by atoms with van der Waals surface area (Å²) in [5.41, 5.74) is 1.78. The van der Waals surface area contributed by atoms with Gasteiger partial charge in [0.15, 0.2) is 5.76 Å². The van der Waals surface area contributed by atoms with Crippen molar-refractivity contribution in [2.45, 2.75) is 63.5 Å². The SMILES string of the molecule is CS(=O)(=O)NC(=O)c1ccc2noc(-c3cccc(OC4CCN(CC5CCN(CC6CCN(c7cc8c(cc7F)C(=O)N(C7CCC(=O)NC7=O)C8=O)CC6)CC5)CC4)c3)c2c1. The van der Waals surface area contributed by atoms with E-state index in [4.69, 9.17) is 9.26 Å². The number of hydrogen-bond acceptors (Lipinski definition) is 13. The molecule has 9 rings (SSSR count). The number of likely N-dealkylation sites (tertiary alicyclic amines) is 2. The average molecular weight is 884 g/mol. The number of fused-ring (bicyclic) bond motifs is 2. The molecule has 1 atom stereocenters. The summed E-state index contributed by atoms with van der Waals surface area (Å²) in [5, 5.41) is 6.90. The minimum atomic E-state index is -3.72. The number of amides is 5. The molecule has 2 N–H and O–H groups in total. The Balaban J connectivity index is 0.708. The van der Waals surface area contributed by atoms with Crippen LogP contribution in [0.5, 0.6) is 5.75 Å². The Labute approximate surface area is 364 Å². The Morgan fingerprint density at radius 1 is 0.841 bits per heavy atom. The van der Waals surface area contributed by atoms with Crippen LogP contribution in [-0.4, -0.2) is 129 Å². The van der Waals surface area contributed by atoms with E-state index in [0.29, 0.717) is 53.0 Å². The third-order valence-corrected chi connectivity index (χ3v) is 13.7. The number of halogens is 1. The zero-order valence-corrected chi connectivity index (χ0v) is 35.8. The van der Waals surface area contributed by atoms with Gasteiger partial charge < -0.3 is 24.0 Å². The maximum Gasteiger partial charge on any atom is 0.264 e. The van der Waals surface area contributed by atoms with Gasteiger partial charge in [-0.05, 0) is 112 Å². The van der Waals surface area contributed by atoms with Gasteiger partial charge in [-0.25, -0.2) is 17.5 Å². The summed E-state index contributed by atoms with van der Waals surface area (Å²) in [6, 6.07) is 13.7. The molecule has 6 heterocycles. The van der Waals surface area contributed by atoms with Gasteiger partial charge in [-0.2, -0.15) is 0 Å². The highest BCUT2D eigenvalue weighted by Gasteiger charge is 2.45. The second-order valence-electron chi connectivity index (χ2n) is 17.6. The summed E-state index contributed by atoms with van der Waals surface area (Å²) in [6.07, 6.45) is 6.96. The Kier molecular flexibility index (Phi) is 11.8. The van der Waals surface area contributed by atoms with E-state index in [1.54, 1.807) is 12.1 Å². The van der Waals surface area contributed by atoms with Crippen molar-refractivity contribution in [1.82, 2.24) is 29.9 Å². The van der Waals surface area contributed by atoms with Crippen LogP contribution < -0.4 is 19.7 Å². The second-order valence-corrected chi connectivity index (χ2v) is 19.3. The molecule has 0 spiro atoms. The lowest BCUT2D eigenvalue weighted by Gasteiger charge is -2.40. The number of anilines is 1. The lowest BCUT2D eigenvalue weighted by atomic mass is 9.91. The van der Waals surface area contributed by atoms with Gasteiger partial charge in [0.1, 0.15) is 29.2 Å². The number of hydrogen-bond donors (Lipinski definition) is 2. The van der Waals surface area contributed by atoms with Crippen molar-refractivity contribution < 1.29 is 46.0 Å². The number of aromatic nitrogens is 1. The molecule has 5 amide bonds. The molecule has 3 aromatic carbocycles. The van der Waals surface area contributed by atoms with Gasteiger partial charge in [-0.1, -0.05) is 17.3 Å². The summed E-state index contributed by atoms with van der Waals surface area (Å²) < 4.78 is 52.8. The number of nitrogens with one attached hydrogen (secondary N) is 2. The lowest BCUT2D eigenvalue weighted by Crippen LogP contribution is -2.54. The molecule has 18 heteroatoms. The third kappa shape index (κ3) is 9.20. The van der Waals surface area contributed by atoms with E-state index in [2.05, 4.69) is 20.3 Å². The summed E-state index contributed by atoms with van der Waals surface area (Å²) in [6.45, 7) is 7.37. The molecule has 1 unspecified atom stereocenters.